The van der Waals surface area contributed by atoms with E-state index in [4.69, 9.17) is 9.47 Å². The molecule has 3 rings (SSSR count). The van der Waals surface area contributed by atoms with E-state index in [9.17, 15) is 9.18 Å². The number of ether oxygens (including phenoxy) is 2. The van der Waals surface area contributed by atoms with Crippen molar-refractivity contribution in [1.82, 2.24) is 5.32 Å². The Hall–Kier alpha value is -2.56. The maximum Gasteiger partial charge on any atom is 0.224 e. The molecule has 0 aliphatic carbocycles. The molecule has 1 heterocycles. The third-order valence-corrected chi connectivity index (χ3v) is 4.03. The zero-order valence-corrected chi connectivity index (χ0v) is 13.6. The molecule has 1 aliphatic heterocycles. The fraction of sp³-hybridized carbons (Fsp3) is 0.316. The van der Waals surface area contributed by atoms with Crippen molar-refractivity contribution in [3.63, 3.8) is 0 Å². The van der Waals surface area contributed by atoms with Gasteiger partial charge in [0.1, 0.15) is 19.0 Å². The Balaban J connectivity index is 1.56. The van der Waals surface area contributed by atoms with Gasteiger partial charge in [0.05, 0.1) is 6.42 Å². The first-order chi connectivity index (χ1) is 11.6. The summed E-state index contributed by atoms with van der Waals surface area (Å²) in [4.78, 5) is 12.1. The SMILES string of the molecule is Cc1cc2c(cc1CC(=O)NCCc1ccccc1F)OCCO2. The molecule has 1 amide bonds. The molecule has 0 fully saturated rings. The van der Waals surface area contributed by atoms with Gasteiger partial charge in [-0.05, 0) is 48.2 Å². The molecule has 126 valence electrons. The first-order valence-electron chi connectivity index (χ1n) is 8.02. The predicted octanol–water partition coefficient (Wildman–Crippen LogP) is 2.81. The predicted molar refractivity (Wildman–Crippen MR) is 89.0 cm³/mol. The number of benzene rings is 2. The quantitative estimate of drug-likeness (QED) is 0.917. The van der Waals surface area contributed by atoms with Crippen LogP contribution in [-0.2, 0) is 17.6 Å². The van der Waals surface area contributed by atoms with Gasteiger partial charge < -0.3 is 14.8 Å². The Morgan fingerprint density at radius 2 is 1.83 bits per heavy atom. The van der Waals surface area contributed by atoms with Gasteiger partial charge in [0, 0.05) is 6.54 Å². The fourth-order valence-electron chi connectivity index (χ4n) is 2.70. The molecular formula is C19H20FNO3. The maximum absolute atomic E-state index is 13.5. The molecule has 0 spiro atoms. The van der Waals surface area contributed by atoms with Crippen LogP contribution in [0.25, 0.3) is 0 Å². The number of fused-ring (bicyclic) bond motifs is 1. The molecule has 0 bridgehead atoms. The lowest BCUT2D eigenvalue weighted by Crippen LogP contribution is -2.27. The molecule has 1 N–H and O–H groups in total. The minimum absolute atomic E-state index is 0.0916. The van der Waals surface area contributed by atoms with E-state index in [1.807, 2.05) is 19.1 Å². The van der Waals surface area contributed by atoms with Crippen LogP contribution in [0, 0.1) is 12.7 Å². The van der Waals surface area contributed by atoms with Crippen LogP contribution in [0.5, 0.6) is 11.5 Å². The third-order valence-electron chi connectivity index (χ3n) is 4.03. The van der Waals surface area contributed by atoms with E-state index < -0.39 is 0 Å². The number of carbonyl (C=O) groups is 1. The van der Waals surface area contributed by atoms with Crippen molar-refractivity contribution in [2.75, 3.05) is 19.8 Å². The highest BCUT2D eigenvalue weighted by atomic mass is 19.1. The highest BCUT2D eigenvalue weighted by Crippen LogP contribution is 2.33. The van der Waals surface area contributed by atoms with Crippen LogP contribution in [0.2, 0.25) is 0 Å². The molecule has 2 aromatic rings. The number of rotatable bonds is 5. The molecule has 0 aromatic heterocycles. The maximum atomic E-state index is 13.5. The summed E-state index contributed by atoms with van der Waals surface area (Å²) >= 11 is 0. The highest BCUT2D eigenvalue weighted by Gasteiger charge is 2.15. The number of hydrogen-bond donors (Lipinski definition) is 1. The Kier molecular flexibility index (Phi) is 4.99. The van der Waals surface area contributed by atoms with Crippen LogP contribution >= 0.6 is 0 Å². The van der Waals surface area contributed by atoms with Gasteiger partial charge in [0.2, 0.25) is 5.91 Å². The molecule has 0 radical (unpaired) electrons. The summed E-state index contributed by atoms with van der Waals surface area (Å²) in [6, 6.07) is 10.4. The number of aryl methyl sites for hydroxylation is 1. The van der Waals surface area contributed by atoms with Gasteiger partial charge in [-0.15, -0.1) is 0 Å². The van der Waals surface area contributed by atoms with E-state index >= 15 is 0 Å². The van der Waals surface area contributed by atoms with Crippen molar-refractivity contribution in [3.05, 3.63) is 58.9 Å². The van der Waals surface area contributed by atoms with Crippen molar-refractivity contribution in [2.45, 2.75) is 19.8 Å². The van der Waals surface area contributed by atoms with Crippen LogP contribution in [0.1, 0.15) is 16.7 Å². The second-order valence-corrected chi connectivity index (χ2v) is 5.79. The summed E-state index contributed by atoms with van der Waals surface area (Å²) in [6.45, 7) is 3.41. The Morgan fingerprint density at radius 3 is 2.58 bits per heavy atom. The van der Waals surface area contributed by atoms with Gasteiger partial charge >= 0.3 is 0 Å². The number of nitrogens with one attached hydrogen (secondary N) is 1. The average molecular weight is 329 g/mol. The lowest BCUT2D eigenvalue weighted by atomic mass is 10.0. The molecule has 2 aromatic carbocycles. The summed E-state index contributed by atoms with van der Waals surface area (Å²) in [6.07, 6.45) is 0.734. The Morgan fingerprint density at radius 1 is 1.12 bits per heavy atom. The van der Waals surface area contributed by atoms with Crippen molar-refractivity contribution in [2.24, 2.45) is 0 Å². The van der Waals surface area contributed by atoms with Crippen molar-refractivity contribution in [1.29, 1.82) is 0 Å². The van der Waals surface area contributed by atoms with E-state index in [2.05, 4.69) is 5.32 Å². The summed E-state index contributed by atoms with van der Waals surface area (Å²) < 4.78 is 24.6. The molecule has 0 saturated heterocycles. The van der Waals surface area contributed by atoms with Crippen LogP contribution in [0.15, 0.2) is 36.4 Å². The molecule has 4 nitrogen and oxygen atoms in total. The van der Waals surface area contributed by atoms with Crippen molar-refractivity contribution in [3.8, 4) is 11.5 Å². The van der Waals surface area contributed by atoms with Gasteiger partial charge in [-0.1, -0.05) is 18.2 Å². The van der Waals surface area contributed by atoms with Gasteiger partial charge in [0.15, 0.2) is 11.5 Å². The number of halogens is 1. The zero-order chi connectivity index (χ0) is 16.9. The van der Waals surface area contributed by atoms with Gasteiger partial charge in [-0.25, -0.2) is 4.39 Å². The van der Waals surface area contributed by atoms with Gasteiger partial charge in [0.25, 0.3) is 0 Å². The number of amides is 1. The smallest absolute Gasteiger partial charge is 0.224 e. The van der Waals surface area contributed by atoms with E-state index in [0.717, 1.165) is 16.9 Å². The second kappa shape index (κ2) is 7.34. The van der Waals surface area contributed by atoms with Gasteiger partial charge in [-0.3, -0.25) is 4.79 Å². The molecular weight excluding hydrogens is 309 g/mol. The first kappa shape index (κ1) is 16.3. The van der Waals surface area contributed by atoms with E-state index in [0.29, 0.717) is 37.5 Å². The van der Waals surface area contributed by atoms with E-state index in [1.165, 1.54) is 6.07 Å². The zero-order valence-electron chi connectivity index (χ0n) is 13.6. The number of hydrogen-bond acceptors (Lipinski definition) is 3. The molecule has 1 aliphatic rings. The standard InChI is InChI=1S/C19H20FNO3/c1-13-10-17-18(24-9-8-23-17)11-15(13)12-19(22)21-7-6-14-4-2-3-5-16(14)20/h2-5,10-11H,6-9,12H2,1H3,(H,21,22). The van der Waals surface area contributed by atoms with Crippen LogP contribution in [0.4, 0.5) is 4.39 Å². The van der Waals surface area contributed by atoms with Crippen molar-refractivity contribution >= 4 is 5.91 Å². The largest absolute Gasteiger partial charge is 0.486 e. The summed E-state index contributed by atoms with van der Waals surface area (Å²) in [5.41, 5.74) is 2.50. The molecule has 24 heavy (non-hydrogen) atoms. The van der Waals surface area contributed by atoms with E-state index in [-0.39, 0.29) is 18.1 Å². The topological polar surface area (TPSA) is 47.6 Å². The molecule has 5 heteroatoms. The lowest BCUT2D eigenvalue weighted by Gasteiger charge is -2.20. The molecule has 0 atom stereocenters. The Bertz CT molecular complexity index is 745. The molecule has 0 saturated carbocycles. The van der Waals surface area contributed by atoms with Gasteiger partial charge in [-0.2, -0.15) is 0 Å². The molecule has 0 unspecified atom stereocenters. The second-order valence-electron chi connectivity index (χ2n) is 5.79. The minimum Gasteiger partial charge on any atom is -0.486 e. The minimum atomic E-state index is -0.241. The summed E-state index contributed by atoms with van der Waals surface area (Å²) in [7, 11) is 0. The lowest BCUT2D eigenvalue weighted by molar-refractivity contribution is -0.120. The third kappa shape index (κ3) is 3.85. The summed E-state index contributed by atoms with van der Waals surface area (Å²) in [5.74, 6) is 1.07. The monoisotopic (exact) mass is 329 g/mol. The fourth-order valence-corrected chi connectivity index (χ4v) is 2.70. The van der Waals surface area contributed by atoms with E-state index in [1.54, 1.807) is 18.2 Å². The Labute approximate surface area is 140 Å². The first-order valence-corrected chi connectivity index (χ1v) is 8.02. The van der Waals surface area contributed by atoms with Crippen LogP contribution in [0.3, 0.4) is 0 Å². The normalized spacial score (nSPS) is 12.8. The van der Waals surface area contributed by atoms with Crippen LogP contribution < -0.4 is 14.8 Å². The number of carbonyl (C=O) groups excluding carboxylic acids is 1. The highest BCUT2D eigenvalue weighted by molar-refractivity contribution is 5.79. The van der Waals surface area contributed by atoms with Crippen molar-refractivity contribution < 1.29 is 18.7 Å². The van der Waals surface area contributed by atoms with Crippen LogP contribution in [-0.4, -0.2) is 25.7 Å². The summed E-state index contributed by atoms with van der Waals surface area (Å²) in [5, 5.41) is 2.84. The average Bonchev–Trinajstić information content (AvgIpc) is 2.57.